The molecule has 2 aromatic rings. The molecule has 220 valence electrons. The highest BCUT2D eigenvalue weighted by Crippen LogP contribution is 2.32. The first-order chi connectivity index (χ1) is 19.2. The molecule has 3 rings (SSSR count). The Kier molecular flexibility index (Phi) is 13.3. The van der Waals surface area contributed by atoms with Gasteiger partial charge in [0.1, 0.15) is 5.78 Å². The Labute approximate surface area is 241 Å². The van der Waals surface area contributed by atoms with Crippen molar-refractivity contribution in [1.29, 1.82) is 0 Å². The Bertz CT molecular complexity index is 1000. The summed E-state index contributed by atoms with van der Waals surface area (Å²) in [5, 5.41) is 3.13. The number of nitrogens with one attached hydrogen (secondary N) is 1. The summed E-state index contributed by atoms with van der Waals surface area (Å²) in [6.07, 6.45) is 2.91. The van der Waals surface area contributed by atoms with Crippen molar-refractivity contribution in [2.45, 2.75) is 60.0 Å². The number of benzene rings is 2. The number of nitrogens with zero attached hydrogens (tertiary/aromatic N) is 1. The lowest BCUT2D eigenvalue weighted by molar-refractivity contribution is -0.135. The zero-order chi connectivity index (χ0) is 28.8. The van der Waals surface area contributed by atoms with Crippen LogP contribution in [0.3, 0.4) is 0 Å². The van der Waals surface area contributed by atoms with Crippen LogP contribution in [0.25, 0.3) is 0 Å². The van der Waals surface area contributed by atoms with Crippen LogP contribution in [-0.2, 0) is 32.1 Å². The number of amides is 1. The maximum atomic E-state index is 13.9. The fourth-order valence-corrected chi connectivity index (χ4v) is 5.42. The Hall–Kier alpha value is -2.54. The molecule has 0 radical (unpaired) electrons. The first kappa shape index (κ1) is 32.0. The average molecular weight is 551 g/mol. The predicted octanol–water partition coefficient (Wildman–Crippen LogP) is 5.55. The lowest BCUT2D eigenvalue weighted by atomic mass is 9.74. The average Bonchev–Trinajstić information content (AvgIpc) is 2.95. The van der Waals surface area contributed by atoms with Crippen LogP contribution in [0.1, 0.15) is 58.1 Å². The summed E-state index contributed by atoms with van der Waals surface area (Å²) in [5.41, 5.74) is 2.09. The van der Waals surface area contributed by atoms with Crippen LogP contribution in [0.5, 0.6) is 0 Å². The van der Waals surface area contributed by atoms with Crippen molar-refractivity contribution in [2.24, 2.45) is 23.2 Å². The SMILES string of the molecule is C[C@H](COCc1ccccc1)[C@@H](CCCc1ccccc1)C(=O)C[C@H](C(=O)NCCN1CCOCC1)C(C)(C)C. The van der Waals surface area contributed by atoms with Gasteiger partial charge in [0.2, 0.25) is 5.91 Å². The molecule has 1 heterocycles. The second-order valence-corrected chi connectivity index (χ2v) is 12.3. The van der Waals surface area contributed by atoms with Crippen molar-refractivity contribution in [3.63, 3.8) is 0 Å². The third-order valence-corrected chi connectivity index (χ3v) is 8.01. The minimum Gasteiger partial charge on any atom is -0.379 e. The molecule has 1 amide bonds. The molecule has 3 atom stereocenters. The number of hydrogen-bond acceptors (Lipinski definition) is 5. The van der Waals surface area contributed by atoms with Crippen LogP contribution in [0, 0.1) is 23.2 Å². The van der Waals surface area contributed by atoms with Gasteiger partial charge in [-0.15, -0.1) is 0 Å². The zero-order valence-electron chi connectivity index (χ0n) is 25.1. The lowest BCUT2D eigenvalue weighted by Gasteiger charge is -2.32. The molecule has 2 aromatic carbocycles. The first-order valence-electron chi connectivity index (χ1n) is 15.0. The summed E-state index contributed by atoms with van der Waals surface area (Å²) in [7, 11) is 0. The largest absolute Gasteiger partial charge is 0.379 e. The number of Topliss-reactive ketones (excluding diaryl/α,β-unsaturated/α-hetero) is 1. The van der Waals surface area contributed by atoms with Crippen molar-refractivity contribution in [1.82, 2.24) is 10.2 Å². The fourth-order valence-electron chi connectivity index (χ4n) is 5.42. The number of aryl methyl sites for hydroxylation is 1. The summed E-state index contributed by atoms with van der Waals surface area (Å²) in [6, 6.07) is 20.6. The van der Waals surface area contributed by atoms with Crippen molar-refractivity contribution >= 4 is 11.7 Å². The van der Waals surface area contributed by atoms with Gasteiger partial charge in [-0.05, 0) is 41.7 Å². The van der Waals surface area contributed by atoms with Gasteiger partial charge in [-0.2, -0.15) is 0 Å². The predicted molar refractivity (Wildman–Crippen MR) is 161 cm³/mol. The highest BCUT2D eigenvalue weighted by atomic mass is 16.5. The summed E-state index contributed by atoms with van der Waals surface area (Å²) in [6.45, 7) is 14.0. The maximum absolute atomic E-state index is 13.9. The Morgan fingerprint density at radius 2 is 1.60 bits per heavy atom. The Morgan fingerprint density at radius 3 is 2.23 bits per heavy atom. The molecule has 0 bridgehead atoms. The molecule has 40 heavy (non-hydrogen) atoms. The number of carbonyl (C=O) groups is 2. The van der Waals surface area contributed by atoms with Gasteiger partial charge in [0.15, 0.2) is 0 Å². The normalized spacial score (nSPS) is 16.7. The molecule has 0 aromatic heterocycles. The molecule has 1 N–H and O–H groups in total. The third-order valence-electron chi connectivity index (χ3n) is 8.01. The van der Waals surface area contributed by atoms with Crippen molar-refractivity contribution in [2.75, 3.05) is 46.0 Å². The number of ether oxygens (including phenoxy) is 2. The summed E-state index contributed by atoms with van der Waals surface area (Å²) < 4.78 is 11.5. The third kappa shape index (κ3) is 11.1. The van der Waals surface area contributed by atoms with E-state index in [9.17, 15) is 9.59 Å². The van der Waals surface area contributed by atoms with Crippen LogP contribution < -0.4 is 5.32 Å². The molecule has 1 aliphatic rings. The van der Waals surface area contributed by atoms with Crippen molar-refractivity contribution < 1.29 is 19.1 Å². The van der Waals surface area contributed by atoms with Crippen molar-refractivity contribution in [3.05, 3.63) is 71.8 Å². The van der Waals surface area contributed by atoms with Gasteiger partial charge in [-0.25, -0.2) is 0 Å². The summed E-state index contributed by atoms with van der Waals surface area (Å²) in [4.78, 5) is 29.5. The van der Waals surface area contributed by atoms with Crippen LogP contribution in [0.4, 0.5) is 0 Å². The highest BCUT2D eigenvalue weighted by Gasteiger charge is 2.36. The fraction of sp³-hybridized carbons (Fsp3) is 0.588. The number of rotatable bonds is 16. The highest BCUT2D eigenvalue weighted by molar-refractivity contribution is 5.88. The molecule has 6 heteroatoms. The molecule has 6 nitrogen and oxygen atoms in total. The number of ketones is 1. The molecule has 0 unspecified atom stereocenters. The molecule has 1 fully saturated rings. The minimum atomic E-state index is -0.376. The molecule has 1 aliphatic heterocycles. The van der Waals surface area contributed by atoms with Gasteiger partial charge in [0, 0.05) is 44.4 Å². The van der Waals surface area contributed by atoms with E-state index in [1.165, 1.54) is 5.56 Å². The standard InChI is InChI=1S/C34H50N2O4/c1-27(25-40-26-29-14-9-6-10-15-29)30(17-11-16-28-12-7-5-8-13-28)32(37)24-31(34(2,3)4)33(38)35-18-19-36-20-22-39-23-21-36/h5-10,12-15,27,30-31H,11,16-26H2,1-4H3,(H,35,38)/t27-,30-,31-/m1/s1. The van der Waals surface area contributed by atoms with E-state index in [1.807, 2.05) is 24.3 Å². The smallest absolute Gasteiger partial charge is 0.224 e. The van der Waals surface area contributed by atoms with E-state index in [4.69, 9.17) is 9.47 Å². The van der Waals surface area contributed by atoms with Gasteiger partial charge in [-0.3, -0.25) is 14.5 Å². The van der Waals surface area contributed by atoms with Gasteiger partial charge in [0.05, 0.1) is 26.4 Å². The van der Waals surface area contributed by atoms with Gasteiger partial charge in [0.25, 0.3) is 0 Å². The van der Waals surface area contributed by atoms with Gasteiger partial charge >= 0.3 is 0 Å². The summed E-state index contributed by atoms with van der Waals surface area (Å²) in [5.74, 6) is -0.307. The van der Waals surface area contributed by atoms with E-state index in [1.54, 1.807) is 0 Å². The van der Waals surface area contributed by atoms with E-state index in [-0.39, 0.29) is 41.3 Å². The summed E-state index contributed by atoms with van der Waals surface area (Å²) >= 11 is 0. The number of carbonyl (C=O) groups excluding carboxylic acids is 2. The monoisotopic (exact) mass is 550 g/mol. The molecule has 1 saturated heterocycles. The second-order valence-electron chi connectivity index (χ2n) is 12.3. The van der Waals surface area contributed by atoms with E-state index >= 15 is 0 Å². The van der Waals surface area contributed by atoms with E-state index < -0.39 is 0 Å². The minimum absolute atomic E-state index is 0.0230. The van der Waals surface area contributed by atoms with E-state index in [2.05, 4.69) is 74.3 Å². The lowest BCUT2D eigenvalue weighted by Crippen LogP contribution is -2.45. The topological polar surface area (TPSA) is 67.9 Å². The second kappa shape index (κ2) is 16.7. The van der Waals surface area contributed by atoms with Crippen LogP contribution >= 0.6 is 0 Å². The van der Waals surface area contributed by atoms with Gasteiger partial charge in [-0.1, -0.05) is 88.4 Å². The Morgan fingerprint density at radius 1 is 0.975 bits per heavy atom. The molecule has 0 saturated carbocycles. The first-order valence-corrected chi connectivity index (χ1v) is 15.0. The van der Waals surface area contributed by atoms with E-state index in [0.29, 0.717) is 19.8 Å². The molecular formula is C34H50N2O4. The van der Waals surface area contributed by atoms with Gasteiger partial charge < -0.3 is 14.8 Å². The van der Waals surface area contributed by atoms with Crippen molar-refractivity contribution in [3.8, 4) is 0 Å². The van der Waals surface area contributed by atoms with Crippen LogP contribution in [0.15, 0.2) is 60.7 Å². The maximum Gasteiger partial charge on any atom is 0.224 e. The molecule has 0 aliphatic carbocycles. The van der Waals surface area contributed by atoms with Crippen LogP contribution in [0.2, 0.25) is 0 Å². The van der Waals surface area contributed by atoms with Crippen LogP contribution in [-0.4, -0.2) is 62.6 Å². The molecule has 0 spiro atoms. The number of hydrogen-bond donors (Lipinski definition) is 1. The molecular weight excluding hydrogens is 500 g/mol. The Balaban J connectivity index is 1.60. The van der Waals surface area contributed by atoms with E-state index in [0.717, 1.165) is 57.7 Å². The zero-order valence-corrected chi connectivity index (χ0v) is 25.1. The number of morpholine rings is 1. The quantitative estimate of drug-likeness (QED) is 0.297.